The first kappa shape index (κ1) is 28.8. The van der Waals surface area contributed by atoms with Crippen LogP contribution in [0.1, 0.15) is 21.5 Å². The predicted molar refractivity (Wildman–Crippen MR) is 149 cm³/mol. The van der Waals surface area contributed by atoms with Crippen LogP contribution in [-0.4, -0.2) is 53.8 Å². The molecule has 0 unspecified atom stereocenters. The Morgan fingerprint density at radius 2 is 1.68 bits per heavy atom. The molecule has 3 aromatic rings. The third-order valence-corrected chi connectivity index (χ3v) is 7.08. The summed E-state index contributed by atoms with van der Waals surface area (Å²) in [6.07, 6.45) is 1.56. The van der Waals surface area contributed by atoms with Gasteiger partial charge >= 0.3 is 0 Å². The van der Waals surface area contributed by atoms with Gasteiger partial charge in [-0.15, -0.1) is 0 Å². The molecule has 11 heteroatoms. The molecule has 0 aliphatic heterocycles. The molecule has 2 N–H and O–H groups in total. The summed E-state index contributed by atoms with van der Waals surface area (Å²) in [5, 5.41) is 5.86. The number of ether oxygens (including phenoxy) is 2. The number of methoxy groups -OCH3 is 2. The molecule has 0 saturated heterocycles. The van der Waals surface area contributed by atoms with Crippen molar-refractivity contribution in [3.8, 4) is 11.5 Å². The van der Waals surface area contributed by atoms with Gasteiger partial charge in [0, 0.05) is 11.6 Å². The molecule has 0 spiro atoms. The standard InChI is InChI=1S/C27H30ClN3O6S/c1-18-9-11-20(28)16-23(18)31(38(4,34)35)17-26(32)30-22-8-6-5-7-21(22)27(33)29-14-13-19-10-12-24(36-2)25(15-19)37-3/h5-12,15-16H,13-14,17H2,1-4H3,(H,29,33)(H,30,32). The van der Waals surface area contributed by atoms with E-state index < -0.39 is 22.5 Å². The summed E-state index contributed by atoms with van der Waals surface area (Å²) in [6.45, 7) is 1.57. The van der Waals surface area contributed by atoms with E-state index in [1.165, 1.54) is 6.07 Å². The Hall–Kier alpha value is -3.76. The third-order valence-electron chi connectivity index (χ3n) is 5.72. The summed E-state index contributed by atoms with van der Waals surface area (Å²) in [4.78, 5) is 25.8. The molecule has 3 aromatic carbocycles. The highest BCUT2D eigenvalue weighted by Gasteiger charge is 2.23. The van der Waals surface area contributed by atoms with Crippen molar-refractivity contribution >= 4 is 44.8 Å². The topological polar surface area (TPSA) is 114 Å². The smallest absolute Gasteiger partial charge is 0.253 e. The van der Waals surface area contributed by atoms with Gasteiger partial charge in [-0.2, -0.15) is 0 Å². The second-order valence-electron chi connectivity index (χ2n) is 8.49. The number of rotatable bonds is 11. The van der Waals surface area contributed by atoms with E-state index in [4.69, 9.17) is 21.1 Å². The van der Waals surface area contributed by atoms with Crippen LogP contribution in [0.5, 0.6) is 11.5 Å². The van der Waals surface area contributed by atoms with Crippen molar-refractivity contribution < 1.29 is 27.5 Å². The largest absolute Gasteiger partial charge is 0.493 e. The van der Waals surface area contributed by atoms with Crippen LogP contribution in [-0.2, 0) is 21.2 Å². The molecule has 0 saturated carbocycles. The monoisotopic (exact) mass is 559 g/mol. The minimum atomic E-state index is -3.80. The summed E-state index contributed by atoms with van der Waals surface area (Å²) < 4.78 is 36.5. The van der Waals surface area contributed by atoms with E-state index in [2.05, 4.69) is 10.6 Å². The Balaban J connectivity index is 1.69. The number of anilines is 2. The summed E-state index contributed by atoms with van der Waals surface area (Å²) in [5.74, 6) is 0.220. The van der Waals surface area contributed by atoms with Crippen molar-refractivity contribution in [2.45, 2.75) is 13.3 Å². The Morgan fingerprint density at radius 3 is 2.37 bits per heavy atom. The van der Waals surface area contributed by atoms with E-state index in [1.807, 2.05) is 12.1 Å². The van der Waals surface area contributed by atoms with Gasteiger partial charge in [0.2, 0.25) is 15.9 Å². The second kappa shape index (κ2) is 12.7. The molecular weight excluding hydrogens is 530 g/mol. The molecule has 3 rings (SSSR count). The lowest BCUT2D eigenvalue weighted by Gasteiger charge is -2.24. The van der Waals surface area contributed by atoms with Gasteiger partial charge in [-0.1, -0.05) is 35.9 Å². The lowest BCUT2D eigenvalue weighted by Crippen LogP contribution is -2.38. The van der Waals surface area contributed by atoms with Crippen LogP contribution in [0.3, 0.4) is 0 Å². The molecule has 0 radical (unpaired) electrons. The number of amides is 2. The molecule has 0 atom stereocenters. The van der Waals surface area contributed by atoms with Crippen molar-refractivity contribution in [2.75, 3.05) is 43.2 Å². The lowest BCUT2D eigenvalue weighted by atomic mass is 10.1. The highest BCUT2D eigenvalue weighted by molar-refractivity contribution is 7.92. The normalized spacial score (nSPS) is 11.0. The fraction of sp³-hybridized carbons (Fsp3) is 0.259. The summed E-state index contributed by atoms with van der Waals surface area (Å²) in [5.41, 5.74) is 2.40. The van der Waals surface area contributed by atoms with E-state index in [-0.39, 0.29) is 17.2 Å². The Bertz CT molecular complexity index is 1430. The van der Waals surface area contributed by atoms with Gasteiger partial charge in [-0.3, -0.25) is 13.9 Å². The van der Waals surface area contributed by atoms with Gasteiger partial charge in [0.15, 0.2) is 11.5 Å². The summed E-state index contributed by atoms with van der Waals surface area (Å²) in [6, 6.07) is 16.8. The number of halogens is 1. The molecular formula is C27H30ClN3O6S. The number of carbonyl (C=O) groups is 2. The van der Waals surface area contributed by atoms with Gasteiger partial charge in [0.25, 0.3) is 5.91 Å². The number of nitrogens with zero attached hydrogens (tertiary/aromatic N) is 1. The van der Waals surface area contributed by atoms with E-state index >= 15 is 0 Å². The lowest BCUT2D eigenvalue weighted by molar-refractivity contribution is -0.114. The molecule has 38 heavy (non-hydrogen) atoms. The quantitative estimate of drug-likeness (QED) is 0.366. The number of benzene rings is 3. The van der Waals surface area contributed by atoms with E-state index in [0.29, 0.717) is 40.7 Å². The zero-order valence-electron chi connectivity index (χ0n) is 21.6. The first-order valence-corrected chi connectivity index (χ1v) is 13.9. The predicted octanol–water partition coefficient (Wildman–Crippen LogP) is 4.04. The number of carbonyl (C=O) groups excluding carboxylic acids is 2. The number of aryl methyl sites for hydroxylation is 1. The zero-order chi connectivity index (χ0) is 27.9. The first-order valence-electron chi connectivity index (χ1n) is 11.7. The number of hydrogen-bond donors (Lipinski definition) is 2. The van der Waals surface area contributed by atoms with Crippen molar-refractivity contribution in [1.82, 2.24) is 5.32 Å². The third kappa shape index (κ3) is 7.39. The van der Waals surface area contributed by atoms with Gasteiger partial charge in [-0.05, 0) is 60.9 Å². The molecule has 0 heterocycles. The van der Waals surface area contributed by atoms with Crippen molar-refractivity contribution in [1.29, 1.82) is 0 Å². The van der Waals surface area contributed by atoms with Crippen LogP contribution < -0.4 is 24.4 Å². The Kier molecular flexibility index (Phi) is 9.60. The molecule has 0 aromatic heterocycles. The molecule has 0 bridgehead atoms. The first-order chi connectivity index (χ1) is 18.0. The number of nitrogens with one attached hydrogen (secondary N) is 2. The van der Waals surface area contributed by atoms with E-state index in [1.54, 1.807) is 63.6 Å². The fourth-order valence-corrected chi connectivity index (χ4v) is 4.87. The van der Waals surface area contributed by atoms with Gasteiger partial charge in [-0.25, -0.2) is 8.42 Å². The average Bonchev–Trinajstić information content (AvgIpc) is 2.88. The molecule has 0 aliphatic carbocycles. The minimum Gasteiger partial charge on any atom is -0.493 e. The second-order valence-corrected chi connectivity index (χ2v) is 10.8. The summed E-state index contributed by atoms with van der Waals surface area (Å²) in [7, 11) is -0.685. The SMILES string of the molecule is COc1ccc(CCNC(=O)c2ccccc2NC(=O)CN(c2cc(Cl)ccc2C)S(C)(=O)=O)cc1OC. The van der Waals surface area contributed by atoms with Crippen LogP contribution in [0.25, 0.3) is 0 Å². The number of sulfonamides is 1. The Morgan fingerprint density at radius 1 is 0.974 bits per heavy atom. The van der Waals surface area contributed by atoms with Crippen molar-refractivity contribution in [3.63, 3.8) is 0 Å². The van der Waals surface area contributed by atoms with Crippen molar-refractivity contribution in [2.24, 2.45) is 0 Å². The van der Waals surface area contributed by atoms with Crippen LogP contribution in [0, 0.1) is 6.92 Å². The summed E-state index contributed by atoms with van der Waals surface area (Å²) >= 11 is 6.06. The number of para-hydroxylation sites is 1. The van der Waals surface area contributed by atoms with Crippen LogP contribution >= 0.6 is 11.6 Å². The molecule has 0 aliphatic rings. The Labute approximate surface area is 227 Å². The maximum Gasteiger partial charge on any atom is 0.253 e. The zero-order valence-corrected chi connectivity index (χ0v) is 23.2. The average molecular weight is 560 g/mol. The molecule has 9 nitrogen and oxygen atoms in total. The molecule has 2 amide bonds. The van der Waals surface area contributed by atoms with E-state index in [0.717, 1.165) is 16.1 Å². The molecule has 0 fully saturated rings. The van der Waals surface area contributed by atoms with Gasteiger partial charge in [0.1, 0.15) is 6.54 Å². The van der Waals surface area contributed by atoms with E-state index in [9.17, 15) is 18.0 Å². The van der Waals surface area contributed by atoms with Crippen LogP contribution in [0.4, 0.5) is 11.4 Å². The maximum absolute atomic E-state index is 12.9. The van der Waals surface area contributed by atoms with Gasteiger partial charge < -0.3 is 20.1 Å². The highest BCUT2D eigenvalue weighted by Crippen LogP contribution is 2.28. The molecule has 202 valence electrons. The van der Waals surface area contributed by atoms with Crippen LogP contribution in [0.2, 0.25) is 5.02 Å². The highest BCUT2D eigenvalue weighted by atomic mass is 35.5. The maximum atomic E-state index is 12.9. The van der Waals surface area contributed by atoms with Gasteiger partial charge in [0.05, 0.1) is 37.4 Å². The minimum absolute atomic E-state index is 0.248. The fourth-order valence-electron chi connectivity index (χ4n) is 3.79. The number of hydrogen-bond acceptors (Lipinski definition) is 6. The van der Waals surface area contributed by atoms with Crippen molar-refractivity contribution in [3.05, 3.63) is 82.4 Å². The van der Waals surface area contributed by atoms with Crippen LogP contribution in [0.15, 0.2) is 60.7 Å².